The zero-order chi connectivity index (χ0) is 14.6. The van der Waals surface area contributed by atoms with Crippen molar-refractivity contribution in [1.29, 1.82) is 0 Å². The van der Waals surface area contributed by atoms with Crippen LogP contribution in [0, 0.1) is 0 Å². The Hall–Kier alpha value is -1.10. The maximum absolute atomic E-state index is 12.4. The molecule has 0 aromatic carbocycles. The van der Waals surface area contributed by atoms with Gasteiger partial charge < -0.3 is 9.64 Å². The van der Waals surface area contributed by atoms with Gasteiger partial charge in [0.2, 0.25) is 5.91 Å². The first kappa shape index (κ1) is 16.0. The van der Waals surface area contributed by atoms with Crippen LogP contribution in [-0.4, -0.2) is 60.0 Å². The lowest BCUT2D eigenvalue weighted by Crippen LogP contribution is -2.49. The van der Waals surface area contributed by atoms with Crippen molar-refractivity contribution in [2.45, 2.75) is 58.7 Å². The van der Waals surface area contributed by atoms with Gasteiger partial charge in [-0.05, 0) is 47.1 Å². The molecule has 0 aliphatic carbocycles. The van der Waals surface area contributed by atoms with Crippen molar-refractivity contribution in [1.82, 2.24) is 9.80 Å². The minimum Gasteiger partial charge on any atom is -0.468 e. The van der Waals surface area contributed by atoms with Crippen LogP contribution >= 0.6 is 0 Å². The Labute approximate surface area is 115 Å². The molecule has 1 atom stereocenters. The largest absolute Gasteiger partial charge is 0.468 e. The lowest BCUT2D eigenvalue weighted by Gasteiger charge is -2.33. The van der Waals surface area contributed by atoms with E-state index in [2.05, 4.69) is 0 Å². The predicted molar refractivity (Wildman–Crippen MR) is 73.7 cm³/mol. The van der Waals surface area contributed by atoms with Crippen LogP contribution in [0.5, 0.6) is 0 Å². The summed E-state index contributed by atoms with van der Waals surface area (Å²) < 4.78 is 4.80. The second kappa shape index (κ2) is 6.89. The first-order chi connectivity index (χ1) is 8.88. The quantitative estimate of drug-likeness (QED) is 0.706. The summed E-state index contributed by atoms with van der Waals surface area (Å²) in [5.41, 5.74) is 0. The number of carbonyl (C=O) groups is 2. The molecule has 1 amide bonds. The molecule has 0 spiro atoms. The third-order valence-corrected chi connectivity index (χ3v) is 3.58. The number of ether oxygens (including phenoxy) is 1. The molecule has 1 fully saturated rings. The lowest BCUT2D eigenvalue weighted by atomic mass is 10.2. The topological polar surface area (TPSA) is 49.9 Å². The molecule has 5 heteroatoms. The van der Waals surface area contributed by atoms with Crippen LogP contribution in [0.2, 0.25) is 0 Å². The highest BCUT2D eigenvalue weighted by molar-refractivity contribution is 5.81. The Morgan fingerprint density at radius 1 is 1.26 bits per heavy atom. The minimum atomic E-state index is -0.255. The second-order valence-electron chi connectivity index (χ2n) is 5.64. The number of hydrogen-bond acceptors (Lipinski definition) is 4. The fourth-order valence-electron chi connectivity index (χ4n) is 2.85. The molecule has 0 N–H and O–H groups in total. The van der Waals surface area contributed by atoms with E-state index in [1.807, 2.05) is 37.5 Å². The number of nitrogens with zero attached hydrogens (tertiary/aromatic N) is 2. The molecule has 0 radical (unpaired) electrons. The Balaban J connectivity index is 2.67. The molecule has 1 aliphatic rings. The summed E-state index contributed by atoms with van der Waals surface area (Å²) in [5, 5.41) is 0. The van der Waals surface area contributed by atoms with Gasteiger partial charge in [0.1, 0.15) is 6.04 Å². The van der Waals surface area contributed by atoms with Gasteiger partial charge in [-0.1, -0.05) is 0 Å². The number of methoxy groups -OCH3 is 1. The first-order valence-corrected chi connectivity index (χ1v) is 7.01. The summed E-state index contributed by atoms with van der Waals surface area (Å²) in [6.45, 7) is 9.14. The normalized spacial score (nSPS) is 20.1. The molecule has 1 unspecified atom stereocenters. The monoisotopic (exact) mass is 270 g/mol. The van der Waals surface area contributed by atoms with Gasteiger partial charge in [0.05, 0.1) is 13.7 Å². The van der Waals surface area contributed by atoms with E-state index in [1.165, 1.54) is 7.11 Å². The minimum absolute atomic E-state index is 0.0841. The van der Waals surface area contributed by atoms with Crippen molar-refractivity contribution >= 4 is 11.9 Å². The molecule has 110 valence electrons. The van der Waals surface area contributed by atoms with E-state index in [4.69, 9.17) is 4.74 Å². The molecule has 1 saturated heterocycles. The molecule has 0 aromatic heterocycles. The van der Waals surface area contributed by atoms with Gasteiger partial charge >= 0.3 is 5.97 Å². The summed E-state index contributed by atoms with van der Waals surface area (Å²) in [6.07, 6.45) is 1.72. The van der Waals surface area contributed by atoms with Gasteiger partial charge in [-0.15, -0.1) is 0 Å². The summed E-state index contributed by atoms with van der Waals surface area (Å²) in [7, 11) is 1.40. The Morgan fingerprint density at radius 2 is 1.84 bits per heavy atom. The molecule has 1 rings (SSSR count). The fourth-order valence-corrected chi connectivity index (χ4v) is 2.85. The standard InChI is InChI=1S/C14H26N2O3/c1-10(2)16(11(3)4)13(17)9-15-8-6-7-12(15)14(18)19-5/h10-12H,6-9H2,1-5H3. The van der Waals surface area contributed by atoms with Crippen molar-refractivity contribution in [3.63, 3.8) is 0 Å². The average molecular weight is 270 g/mol. The van der Waals surface area contributed by atoms with Gasteiger partial charge in [-0.25, -0.2) is 0 Å². The Bertz CT molecular complexity index is 321. The first-order valence-electron chi connectivity index (χ1n) is 7.01. The van der Waals surface area contributed by atoms with E-state index in [-0.39, 0.29) is 30.0 Å². The maximum Gasteiger partial charge on any atom is 0.323 e. The van der Waals surface area contributed by atoms with Gasteiger partial charge in [0.25, 0.3) is 0 Å². The third kappa shape index (κ3) is 3.93. The fraction of sp³-hybridized carbons (Fsp3) is 0.857. The Morgan fingerprint density at radius 3 is 2.32 bits per heavy atom. The van der Waals surface area contributed by atoms with E-state index in [0.29, 0.717) is 6.54 Å². The van der Waals surface area contributed by atoms with Crippen LogP contribution in [0.4, 0.5) is 0 Å². The van der Waals surface area contributed by atoms with Gasteiger partial charge in [-0.3, -0.25) is 14.5 Å². The van der Waals surface area contributed by atoms with E-state index >= 15 is 0 Å². The number of carbonyl (C=O) groups excluding carboxylic acids is 2. The SMILES string of the molecule is COC(=O)C1CCCN1CC(=O)N(C(C)C)C(C)C. The molecule has 5 nitrogen and oxygen atoms in total. The van der Waals surface area contributed by atoms with E-state index in [1.54, 1.807) is 0 Å². The van der Waals surface area contributed by atoms with Crippen molar-refractivity contribution < 1.29 is 14.3 Å². The average Bonchev–Trinajstić information content (AvgIpc) is 2.74. The molecule has 0 saturated carbocycles. The third-order valence-electron chi connectivity index (χ3n) is 3.58. The molecule has 1 heterocycles. The molecular weight excluding hydrogens is 244 g/mol. The van der Waals surface area contributed by atoms with E-state index in [0.717, 1.165) is 19.4 Å². The lowest BCUT2D eigenvalue weighted by molar-refractivity contribution is -0.147. The van der Waals surface area contributed by atoms with Crippen LogP contribution in [0.15, 0.2) is 0 Å². The molecule has 1 aliphatic heterocycles. The van der Waals surface area contributed by atoms with E-state index < -0.39 is 0 Å². The van der Waals surface area contributed by atoms with Crippen LogP contribution in [0.1, 0.15) is 40.5 Å². The number of likely N-dealkylation sites (tertiary alicyclic amines) is 1. The van der Waals surface area contributed by atoms with Gasteiger partial charge in [0.15, 0.2) is 0 Å². The van der Waals surface area contributed by atoms with Crippen molar-refractivity contribution in [2.24, 2.45) is 0 Å². The summed E-state index contributed by atoms with van der Waals surface area (Å²) in [5.74, 6) is -0.147. The van der Waals surface area contributed by atoms with Crippen molar-refractivity contribution in [3.8, 4) is 0 Å². The second-order valence-corrected chi connectivity index (χ2v) is 5.64. The number of esters is 1. The van der Waals surface area contributed by atoms with Crippen molar-refractivity contribution in [2.75, 3.05) is 20.2 Å². The number of rotatable bonds is 5. The maximum atomic E-state index is 12.4. The highest BCUT2D eigenvalue weighted by Crippen LogP contribution is 2.19. The summed E-state index contributed by atoms with van der Waals surface area (Å²) in [6, 6.07) is 0.0912. The number of hydrogen-bond donors (Lipinski definition) is 0. The van der Waals surface area contributed by atoms with Crippen LogP contribution in [-0.2, 0) is 14.3 Å². The zero-order valence-electron chi connectivity index (χ0n) is 12.7. The summed E-state index contributed by atoms with van der Waals surface area (Å²) in [4.78, 5) is 27.8. The highest BCUT2D eigenvalue weighted by Gasteiger charge is 2.34. The van der Waals surface area contributed by atoms with Gasteiger partial charge in [0, 0.05) is 12.1 Å². The molecular formula is C14H26N2O3. The molecule has 0 bridgehead atoms. The number of amides is 1. The Kier molecular flexibility index (Phi) is 5.79. The van der Waals surface area contributed by atoms with Gasteiger partial charge in [-0.2, -0.15) is 0 Å². The van der Waals surface area contributed by atoms with Crippen LogP contribution in [0.3, 0.4) is 0 Å². The zero-order valence-corrected chi connectivity index (χ0v) is 12.7. The predicted octanol–water partition coefficient (Wildman–Crippen LogP) is 1.27. The van der Waals surface area contributed by atoms with Crippen LogP contribution in [0.25, 0.3) is 0 Å². The van der Waals surface area contributed by atoms with Crippen LogP contribution < -0.4 is 0 Å². The van der Waals surface area contributed by atoms with Crippen molar-refractivity contribution in [3.05, 3.63) is 0 Å². The smallest absolute Gasteiger partial charge is 0.323 e. The van der Waals surface area contributed by atoms with E-state index in [9.17, 15) is 9.59 Å². The molecule has 0 aromatic rings. The molecule has 19 heavy (non-hydrogen) atoms. The summed E-state index contributed by atoms with van der Waals surface area (Å²) >= 11 is 0. The highest BCUT2D eigenvalue weighted by atomic mass is 16.5.